The lowest BCUT2D eigenvalue weighted by molar-refractivity contribution is -0.385. The molecule has 2 heterocycles. The summed E-state index contributed by atoms with van der Waals surface area (Å²) in [7, 11) is -3.92. The molecule has 0 unspecified atom stereocenters. The van der Waals surface area contributed by atoms with Crippen molar-refractivity contribution in [1.82, 2.24) is 14.2 Å². The molecule has 28 heavy (non-hydrogen) atoms. The van der Waals surface area contributed by atoms with E-state index in [2.05, 4.69) is 4.98 Å². The average Bonchev–Trinajstić information content (AvgIpc) is 2.67. The van der Waals surface area contributed by atoms with Gasteiger partial charge in [-0.1, -0.05) is 17.7 Å². The molecule has 9 nitrogen and oxygen atoms in total. The molecular formula is C17H17ClN4O5S. The Balaban J connectivity index is 1.76. The zero-order valence-electron chi connectivity index (χ0n) is 14.9. The summed E-state index contributed by atoms with van der Waals surface area (Å²) in [6.45, 7) is 2.11. The minimum Gasteiger partial charge on any atom is -0.335 e. The molecule has 0 radical (unpaired) electrons. The molecule has 1 fully saturated rings. The molecule has 1 aliphatic rings. The third-order valence-corrected chi connectivity index (χ3v) is 6.74. The lowest BCUT2D eigenvalue weighted by Crippen LogP contribution is -2.50. The number of halogens is 1. The maximum atomic E-state index is 12.9. The number of carbonyl (C=O) groups excluding carboxylic acids is 1. The summed E-state index contributed by atoms with van der Waals surface area (Å²) < 4.78 is 27.1. The normalized spacial score (nSPS) is 15.4. The van der Waals surface area contributed by atoms with Gasteiger partial charge in [-0.15, -0.1) is 0 Å². The van der Waals surface area contributed by atoms with Gasteiger partial charge in [0.05, 0.1) is 9.82 Å². The number of nitro groups is 1. The van der Waals surface area contributed by atoms with Crippen LogP contribution in [0.2, 0.25) is 5.02 Å². The topological polar surface area (TPSA) is 114 Å². The number of aromatic nitrogens is 1. The second kappa shape index (κ2) is 7.82. The van der Waals surface area contributed by atoms with Gasteiger partial charge in [0.2, 0.25) is 10.0 Å². The van der Waals surface area contributed by atoms with Crippen LogP contribution in [0.3, 0.4) is 0 Å². The summed E-state index contributed by atoms with van der Waals surface area (Å²) in [5.41, 5.74) is 0.329. The van der Waals surface area contributed by atoms with Crippen LogP contribution in [0.5, 0.6) is 0 Å². The number of rotatable bonds is 4. The first-order valence-electron chi connectivity index (χ1n) is 8.36. The van der Waals surface area contributed by atoms with Gasteiger partial charge in [0.15, 0.2) is 0 Å². The van der Waals surface area contributed by atoms with Crippen LogP contribution in [0.15, 0.2) is 41.4 Å². The number of hydrogen-bond acceptors (Lipinski definition) is 6. The third kappa shape index (κ3) is 3.98. The predicted octanol–water partition coefficient (Wildman–Crippen LogP) is 2.10. The number of carbonyl (C=O) groups is 1. The highest BCUT2D eigenvalue weighted by atomic mass is 35.5. The Bertz CT molecular complexity index is 1040. The second-order valence-electron chi connectivity index (χ2n) is 6.26. The predicted molar refractivity (Wildman–Crippen MR) is 102 cm³/mol. The summed E-state index contributed by atoms with van der Waals surface area (Å²) in [6.07, 6.45) is 1.43. The highest BCUT2D eigenvalue weighted by molar-refractivity contribution is 7.89. The van der Waals surface area contributed by atoms with Crippen molar-refractivity contribution in [3.8, 4) is 0 Å². The van der Waals surface area contributed by atoms with Gasteiger partial charge in [-0.05, 0) is 24.6 Å². The summed E-state index contributed by atoms with van der Waals surface area (Å²) in [4.78, 5) is 28.3. The fourth-order valence-electron chi connectivity index (χ4n) is 2.93. The van der Waals surface area contributed by atoms with E-state index in [4.69, 9.17) is 11.6 Å². The van der Waals surface area contributed by atoms with Gasteiger partial charge in [0, 0.05) is 49.5 Å². The van der Waals surface area contributed by atoms with E-state index < -0.39 is 14.9 Å². The zero-order valence-corrected chi connectivity index (χ0v) is 16.5. The number of hydrogen-bond donors (Lipinski definition) is 0. The highest BCUT2D eigenvalue weighted by Crippen LogP contribution is 2.25. The molecule has 3 rings (SSSR count). The Morgan fingerprint density at radius 1 is 1.18 bits per heavy atom. The zero-order chi connectivity index (χ0) is 20.5. The van der Waals surface area contributed by atoms with E-state index in [-0.39, 0.29) is 48.4 Å². The Hall–Kier alpha value is -2.56. The standard InChI is InChI=1S/C17H17ClN4O5S/c1-12-2-3-14(22(24)25)11-16(12)28(26,27)21-8-6-20(7-9-21)17(23)15-10-13(18)4-5-19-15/h2-5,10-11H,6-9H2,1H3. The van der Waals surface area contributed by atoms with E-state index in [1.54, 1.807) is 13.0 Å². The lowest BCUT2D eigenvalue weighted by Gasteiger charge is -2.34. The van der Waals surface area contributed by atoms with Gasteiger partial charge in [0.1, 0.15) is 5.69 Å². The minimum absolute atomic E-state index is 0.0801. The summed E-state index contributed by atoms with van der Waals surface area (Å²) in [6, 6.07) is 6.76. The molecule has 11 heteroatoms. The number of aryl methyl sites for hydroxylation is 1. The SMILES string of the molecule is Cc1ccc([N+](=O)[O-])cc1S(=O)(=O)N1CCN(C(=O)c2cc(Cl)ccn2)CC1. The molecule has 148 valence electrons. The number of amides is 1. The largest absolute Gasteiger partial charge is 0.335 e. The number of non-ortho nitro benzene ring substituents is 1. The molecule has 1 aromatic heterocycles. The quantitative estimate of drug-likeness (QED) is 0.548. The Labute approximate surface area is 166 Å². The maximum absolute atomic E-state index is 12.9. The molecule has 1 aliphatic heterocycles. The first kappa shape index (κ1) is 20.2. The van der Waals surface area contributed by atoms with Crippen LogP contribution < -0.4 is 0 Å². The molecule has 0 spiro atoms. The van der Waals surface area contributed by atoms with Crippen molar-refractivity contribution in [2.45, 2.75) is 11.8 Å². The van der Waals surface area contributed by atoms with Crippen LogP contribution in [-0.2, 0) is 10.0 Å². The first-order chi connectivity index (χ1) is 13.2. The Morgan fingerprint density at radius 2 is 1.86 bits per heavy atom. The smallest absolute Gasteiger partial charge is 0.272 e. The van der Waals surface area contributed by atoms with E-state index in [9.17, 15) is 23.3 Å². The van der Waals surface area contributed by atoms with E-state index in [1.165, 1.54) is 33.6 Å². The molecule has 1 aromatic carbocycles. The highest BCUT2D eigenvalue weighted by Gasteiger charge is 2.32. The van der Waals surface area contributed by atoms with Crippen LogP contribution in [-0.4, -0.2) is 59.6 Å². The van der Waals surface area contributed by atoms with Gasteiger partial charge in [0.25, 0.3) is 11.6 Å². The molecule has 0 saturated carbocycles. The van der Waals surface area contributed by atoms with Gasteiger partial charge >= 0.3 is 0 Å². The summed E-state index contributed by atoms with van der Waals surface area (Å²) >= 11 is 5.88. The number of nitro benzene ring substituents is 1. The third-order valence-electron chi connectivity index (χ3n) is 4.47. The van der Waals surface area contributed by atoms with Crippen molar-refractivity contribution in [2.75, 3.05) is 26.2 Å². The van der Waals surface area contributed by atoms with Crippen molar-refractivity contribution in [2.24, 2.45) is 0 Å². The maximum Gasteiger partial charge on any atom is 0.272 e. The molecule has 0 atom stereocenters. The van der Waals surface area contributed by atoms with Crippen molar-refractivity contribution < 1.29 is 18.1 Å². The van der Waals surface area contributed by atoms with Crippen LogP contribution in [0, 0.1) is 17.0 Å². The number of nitrogens with zero attached hydrogens (tertiary/aromatic N) is 4. The van der Waals surface area contributed by atoms with Crippen molar-refractivity contribution >= 4 is 33.2 Å². The van der Waals surface area contributed by atoms with Gasteiger partial charge in [-0.3, -0.25) is 19.9 Å². The Morgan fingerprint density at radius 3 is 2.46 bits per heavy atom. The summed E-state index contributed by atoms with van der Waals surface area (Å²) in [5.74, 6) is -0.328. The lowest BCUT2D eigenvalue weighted by atomic mass is 10.2. The van der Waals surface area contributed by atoms with Crippen LogP contribution in [0.1, 0.15) is 16.1 Å². The minimum atomic E-state index is -3.92. The molecule has 1 saturated heterocycles. The Kier molecular flexibility index (Phi) is 5.64. The monoisotopic (exact) mass is 424 g/mol. The number of piperazine rings is 1. The van der Waals surface area contributed by atoms with Crippen molar-refractivity contribution in [1.29, 1.82) is 0 Å². The second-order valence-corrected chi connectivity index (χ2v) is 8.61. The van der Waals surface area contributed by atoms with Crippen LogP contribution >= 0.6 is 11.6 Å². The fraction of sp³-hybridized carbons (Fsp3) is 0.294. The van der Waals surface area contributed by atoms with Crippen LogP contribution in [0.4, 0.5) is 5.69 Å². The molecule has 0 aliphatic carbocycles. The number of sulfonamides is 1. The van der Waals surface area contributed by atoms with Crippen LogP contribution in [0.25, 0.3) is 0 Å². The van der Waals surface area contributed by atoms with Gasteiger partial charge in [-0.25, -0.2) is 8.42 Å². The van der Waals surface area contributed by atoms with Gasteiger partial charge < -0.3 is 4.90 Å². The van der Waals surface area contributed by atoms with Crippen molar-refractivity contribution in [3.63, 3.8) is 0 Å². The van der Waals surface area contributed by atoms with E-state index in [1.807, 2.05) is 0 Å². The molecule has 0 bridgehead atoms. The average molecular weight is 425 g/mol. The van der Waals surface area contributed by atoms with E-state index >= 15 is 0 Å². The van der Waals surface area contributed by atoms with Gasteiger partial charge in [-0.2, -0.15) is 4.31 Å². The molecular weight excluding hydrogens is 408 g/mol. The number of pyridine rings is 1. The number of benzene rings is 1. The summed E-state index contributed by atoms with van der Waals surface area (Å²) in [5, 5.41) is 11.4. The molecule has 1 amide bonds. The molecule has 0 N–H and O–H groups in total. The van der Waals surface area contributed by atoms with E-state index in [0.717, 1.165) is 6.07 Å². The van der Waals surface area contributed by atoms with E-state index in [0.29, 0.717) is 10.6 Å². The first-order valence-corrected chi connectivity index (χ1v) is 10.2. The fourth-order valence-corrected chi connectivity index (χ4v) is 4.76. The van der Waals surface area contributed by atoms with Crippen molar-refractivity contribution in [3.05, 3.63) is 62.9 Å². The molecule has 2 aromatic rings.